The first-order valence-electron chi connectivity index (χ1n) is 10.3. The van der Waals surface area contributed by atoms with E-state index in [-0.39, 0.29) is 38.3 Å². The number of allylic oxidation sites excluding steroid dienone is 1. The highest BCUT2D eigenvalue weighted by atomic mass is 19.1. The molecule has 0 bridgehead atoms. The summed E-state index contributed by atoms with van der Waals surface area (Å²) in [6, 6.07) is 3.72. The van der Waals surface area contributed by atoms with Crippen LogP contribution in [0.25, 0.3) is 0 Å². The van der Waals surface area contributed by atoms with Crippen molar-refractivity contribution in [3.05, 3.63) is 47.3 Å². The predicted molar refractivity (Wildman–Crippen MR) is 110 cm³/mol. The largest absolute Gasteiger partial charge is 0.459 e. The molecule has 1 saturated heterocycles. The van der Waals surface area contributed by atoms with E-state index in [1.54, 1.807) is 26.0 Å². The fourth-order valence-electron chi connectivity index (χ4n) is 3.93. The van der Waals surface area contributed by atoms with Gasteiger partial charge in [-0.25, -0.2) is 14.0 Å². The number of esters is 1. The van der Waals surface area contributed by atoms with E-state index >= 15 is 0 Å². The zero-order valence-electron chi connectivity index (χ0n) is 18.0. The molecule has 1 fully saturated rings. The topological polar surface area (TPSA) is 119 Å². The van der Waals surface area contributed by atoms with Crippen LogP contribution in [-0.4, -0.2) is 58.5 Å². The van der Waals surface area contributed by atoms with Gasteiger partial charge in [0.25, 0.3) is 0 Å². The number of ether oxygens (including phenoxy) is 2. The first-order valence-corrected chi connectivity index (χ1v) is 10.3. The predicted octanol–water partition coefficient (Wildman–Crippen LogP) is 1.63. The molecule has 2 N–H and O–H groups in total. The van der Waals surface area contributed by atoms with Gasteiger partial charge in [0.1, 0.15) is 24.1 Å². The molecule has 2 aliphatic rings. The summed E-state index contributed by atoms with van der Waals surface area (Å²) in [5.74, 6) is -2.11. The molecular weight excluding hydrogens is 421 g/mol. The second-order valence-electron chi connectivity index (χ2n) is 7.89. The van der Waals surface area contributed by atoms with Crippen molar-refractivity contribution >= 4 is 23.9 Å². The van der Waals surface area contributed by atoms with E-state index in [1.807, 2.05) is 0 Å². The van der Waals surface area contributed by atoms with Crippen molar-refractivity contribution in [2.45, 2.75) is 58.0 Å². The summed E-state index contributed by atoms with van der Waals surface area (Å²) < 4.78 is 24.5. The number of fused-ring (bicyclic) bond motifs is 1. The fraction of sp³-hybridized carbons (Fsp3) is 0.455. The normalized spacial score (nSPS) is 20.8. The minimum absolute atomic E-state index is 0.0111. The first-order chi connectivity index (χ1) is 15.2. The molecule has 1 aromatic rings. The van der Waals surface area contributed by atoms with E-state index in [0.717, 1.165) is 0 Å². The maximum atomic E-state index is 13.9. The maximum Gasteiger partial charge on any atom is 0.410 e. The van der Waals surface area contributed by atoms with Crippen molar-refractivity contribution in [3.8, 4) is 0 Å². The van der Waals surface area contributed by atoms with Crippen molar-refractivity contribution in [2.75, 3.05) is 6.54 Å². The van der Waals surface area contributed by atoms with Crippen LogP contribution < -0.4 is 5.73 Å². The number of rotatable bonds is 6. The number of nitrogens with two attached hydrogens (primary N) is 1. The van der Waals surface area contributed by atoms with E-state index < -0.39 is 42.1 Å². The van der Waals surface area contributed by atoms with Gasteiger partial charge < -0.3 is 20.1 Å². The minimum atomic E-state index is -0.938. The molecule has 2 heterocycles. The Balaban J connectivity index is 1.58. The quantitative estimate of drug-likeness (QED) is 0.523. The molecule has 2 aliphatic heterocycles. The second kappa shape index (κ2) is 9.80. The van der Waals surface area contributed by atoms with Gasteiger partial charge in [-0.1, -0.05) is 18.2 Å². The molecule has 0 radical (unpaired) electrons. The van der Waals surface area contributed by atoms with Gasteiger partial charge in [-0.3, -0.25) is 14.5 Å². The van der Waals surface area contributed by atoms with Crippen LogP contribution in [0.2, 0.25) is 0 Å². The number of carbonyl (C=O) groups is 4. The van der Waals surface area contributed by atoms with Crippen molar-refractivity contribution in [3.63, 3.8) is 0 Å². The highest BCUT2D eigenvalue weighted by Crippen LogP contribution is 2.28. The number of benzene rings is 1. The van der Waals surface area contributed by atoms with Gasteiger partial charge in [0.2, 0.25) is 11.8 Å². The third-order valence-electron chi connectivity index (χ3n) is 5.45. The van der Waals surface area contributed by atoms with Gasteiger partial charge in [0, 0.05) is 24.6 Å². The van der Waals surface area contributed by atoms with Gasteiger partial charge in [0.15, 0.2) is 0 Å². The van der Waals surface area contributed by atoms with Gasteiger partial charge >= 0.3 is 12.1 Å². The molecule has 0 saturated carbocycles. The van der Waals surface area contributed by atoms with Crippen LogP contribution in [0.4, 0.5) is 9.18 Å². The Labute approximate surface area is 184 Å². The molecule has 0 aliphatic carbocycles. The van der Waals surface area contributed by atoms with Crippen LogP contribution in [0.1, 0.15) is 37.8 Å². The van der Waals surface area contributed by atoms with Crippen molar-refractivity contribution in [1.29, 1.82) is 0 Å². The Hall–Kier alpha value is -3.43. The van der Waals surface area contributed by atoms with E-state index in [1.165, 1.54) is 28.0 Å². The van der Waals surface area contributed by atoms with Crippen molar-refractivity contribution < 1.29 is 33.0 Å². The summed E-state index contributed by atoms with van der Waals surface area (Å²) in [5, 5.41) is 0. The van der Waals surface area contributed by atoms with Crippen LogP contribution in [0.5, 0.6) is 0 Å². The Morgan fingerprint density at radius 3 is 2.69 bits per heavy atom. The van der Waals surface area contributed by atoms with Crippen LogP contribution in [0, 0.1) is 5.82 Å². The summed E-state index contributed by atoms with van der Waals surface area (Å²) in [5.41, 5.74) is 6.60. The zero-order valence-corrected chi connectivity index (χ0v) is 18.0. The molecule has 1 unspecified atom stereocenters. The van der Waals surface area contributed by atoms with Crippen molar-refractivity contribution in [1.82, 2.24) is 9.80 Å². The lowest BCUT2D eigenvalue weighted by Crippen LogP contribution is -2.44. The summed E-state index contributed by atoms with van der Waals surface area (Å²) in [6.45, 7) is 3.52. The van der Waals surface area contributed by atoms with E-state index in [2.05, 4.69) is 0 Å². The Morgan fingerprint density at radius 2 is 2.03 bits per heavy atom. The van der Waals surface area contributed by atoms with Crippen molar-refractivity contribution in [2.24, 2.45) is 5.73 Å². The molecule has 32 heavy (non-hydrogen) atoms. The molecule has 1 aromatic carbocycles. The summed E-state index contributed by atoms with van der Waals surface area (Å²) >= 11 is 0. The number of hydrogen-bond acceptors (Lipinski definition) is 6. The van der Waals surface area contributed by atoms with E-state index in [0.29, 0.717) is 11.1 Å². The smallest absolute Gasteiger partial charge is 0.410 e. The van der Waals surface area contributed by atoms with Gasteiger partial charge in [-0.2, -0.15) is 0 Å². The molecule has 0 aromatic heterocycles. The SMILES string of the molecule is C/C=C/C(=O)O[C@H](C)CC(=O)N1C[C@H](OC(=O)N2Cc3cccc(F)c3C2)CC1C(N)=O. The molecular formula is C22H26FN3O6. The van der Waals surface area contributed by atoms with E-state index in [9.17, 15) is 23.6 Å². The number of carbonyl (C=O) groups excluding carboxylic acids is 4. The van der Waals surface area contributed by atoms with Crippen LogP contribution >= 0.6 is 0 Å². The average molecular weight is 447 g/mol. The lowest BCUT2D eigenvalue weighted by molar-refractivity contribution is -0.147. The number of primary amides is 1. The third kappa shape index (κ3) is 5.24. The molecule has 3 rings (SSSR count). The summed E-state index contributed by atoms with van der Waals surface area (Å²) in [4.78, 5) is 51.3. The molecule has 9 nitrogen and oxygen atoms in total. The van der Waals surface area contributed by atoms with E-state index in [4.69, 9.17) is 15.2 Å². The number of halogens is 1. The third-order valence-corrected chi connectivity index (χ3v) is 5.45. The molecule has 3 atom stereocenters. The summed E-state index contributed by atoms with van der Waals surface area (Å²) in [6.07, 6.45) is 0.575. The summed E-state index contributed by atoms with van der Waals surface area (Å²) in [7, 11) is 0. The van der Waals surface area contributed by atoms with Gasteiger partial charge in [-0.15, -0.1) is 0 Å². The fourth-order valence-corrected chi connectivity index (χ4v) is 3.93. The lowest BCUT2D eigenvalue weighted by Gasteiger charge is -2.23. The van der Waals surface area contributed by atoms with Crippen LogP contribution in [-0.2, 0) is 36.9 Å². The maximum absolute atomic E-state index is 13.9. The Bertz CT molecular complexity index is 950. The Kier molecular flexibility index (Phi) is 7.12. The highest BCUT2D eigenvalue weighted by Gasteiger charge is 2.41. The molecule has 0 spiro atoms. The number of likely N-dealkylation sites (tertiary alicyclic amines) is 1. The van der Waals surface area contributed by atoms with Crippen LogP contribution in [0.3, 0.4) is 0 Å². The number of amides is 3. The van der Waals surface area contributed by atoms with Gasteiger partial charge in [-0.05, 0) is 25.5 Å². The standard InChI is InChI=1S/C22H26FN3O6/c1-3-5-20(28)31-13(2)8-19(27)26-11-15(9-18(26)21(24)29)32-22(30)25-10-14-6-4-7-17(23)16(14)12-25/h3-7,13,15,18H,8-12H2,1-2H3,(H2,24,29)/b5-3+/t13-,15-,18?/m1/s1. The lowest BCUT2D eigenvalue weighted by atomic mass is 10.1. The first kappa shape index (κ1) is 23.2. The minimum Gasteiger partial charge on any atom is -0.459 e. The average Bonchev–Trinajstić information content (AvgIpc) is 3.33. The monoisotopic (exact) mass is 447 g/mol. The zero-order chi connectivity index (χ0) is 23.4. The molecule has 3 amide bonds. The number of nitrogens with zero attached hydrogens (tertiary/aromatic N) is 2. The van der Waals surface area contributed by atoms with Gasteiger partial charge in [0.05, 0.1) is 19.5 Å². The Morgan fingerprint density at radius 1 is 1.28 bits per heavy atom. The van der Waals surface area contributed by atoms with Crippen LogP contribution in [0.15, 0.2) is 30.4 Å². The molecule has 172 valence electrons. The number of hydrogen-bond donors (Lipinski definition) is 1. The second-order valence-corrected chi connectivity index (χ2v) is 7.89. The highest BCUT2D eigenvalue weighted by molar-refractivity contribution is 5.88. The molecule has 10 heteroatoms.